The second kappa shape index (κ2) is 8.87. The molecule has 1 aliphatic rings. The number of nitrogen functional groups attached to an aromatic ring is 1. The van der Waals surface area contributed by atoms with Gasteiger partial charge in [-0.05, 0) is 36.2 Å². The van der Waals surface area contributed by atoms with Crippen molar-refractivity contribution in [3.8, 4) is 10.4 Å². The molecule has 1 aliphatic heterocycles. The van der Waals surface area contributed by atoms with Gasteiger partial charge in [-0.2, -0.15) is 0 Å². The Morgan fingerprint density at radius 3 is 2.71 bits per heavy atom. The number of benzene rings is 2. The number of likely N-dealkylation sites (tertiary alicyclic amines) is 1. The van der Waals surface area contributed by atoms with Crippen LogP contribution >= 0.6 is 11.3 Å². The van der Waals surface area contributed by atoms with Gasteiger partial charge in [-0.25, -0.2) is 4.98 Å². The fourth-order valence-corrected chi connectivity index (χ4v) is 4.60. The molecule has 2 heterocycles. The summed E-state index contributed by atoms with van der Waals surface area (Å²) in [6, 6.07) is 13.9. The summed E-state index contributed by atoms with van der Waals surface area (Å²) in [6.07, 6.45) is -0.522. The number of β-amino-alcohol motifs (C(OH)–C–C–N with tert-alkyl or cyclic N) is 1. The lowest BCUT2D eigenvalue weighted by Gasteiger charge is -2.24. The second-order valence-corrected chi connectivity index (χ2v) is 8.52. The fraction of sp³-hybridized carbons (Fsp3) is 0.261. The van der Waals surface area contributed by atoms with Gasteiger partial charge < -0.3 is 21.1 Å². The largest absolute Gasteiger partial charge is 0.399 e. The van der Waals surface area contributed by atoms with Crippen LogP contribution < -0.4 is 11.1 Å². The minimum atomic E-state index is -0.734. The number of nitrogens with zero attached hydrogens (tertiary/aromatic N) is 2. The van der Waals surface area contributed by atoms with E-state index in [1.54, 1.807) is 35.6 Å². The first kappa shape index (κ1) is 21.0. The molecule has 0 saturated carbocycles. The molecule has 160 valence electrons. The van der Waals surface area contributed by atoms with E-state index in [-0.39, 0.29) is 24.8 Å². The van der Waals surface area contributed by atoms with Crippen molar-refractivity contribution in [1.82, 2.24) is 15.2 Å². The number of aromatic nitrogens is 1. The third kappa shape index (κ3) is 4.60. The maximum absolute atomic E-state index is 12.9. The van der Waals surface area contributed by atoms with Crippen LogP contribution in [0.25, 0.3) is 10.4 Å². The first-order chi connectivity index (χ1) is 14.9. The number of anilines is 1. The molecule has 31 heavy (non-hydrogen) atoms. The summed E-state index contributed by atoms with van der Waals surface area (Å²) < 4.78 is 0. The van der Waals surface area contributed by atoms with Gasteiger partial charge in [0.25, 0.3) is 5.91 Å². The number of hydrogen-bond acceptors (Lipinski definition) is 6. The van der Waals surface area contributed by atoms with Crippen molar-refractivity contribution < 1.29 is 14.7 Å². The van der Waals surface area contributed by atoms with Crippen LogP contribution in [0, 0.1) is 6.92 Å². The lowest BCUT2D eigenvalue weighted by atomic mass is 10.1. The highest BCUT2D eigenvalue weighted by Crippen LogP contribution is 2.27. The monoisotopic (exact) mass is 436 g/mol. The van der Waals surface area contributed by atoms with Gasteiger partial charge in [0.1, 0.15) is 6.04 Å². The van der Waals surface area contributed by atoms with Gasteiger partial charge in [-0.15, -0.1) is 11.3 Å². The average Bonchev–Trinajstić information content (AvgIpc) is 3.37. The van der Waals surface area contributed by atoms with Crippen molar-refractivity contribution >= 4 is 28.8 Å². The molecule has 2 aromatic carbocycles. The van der Waals surface area contributed by atoms with E-state index >= 15 is 0 Å². The van der Waals surface area contributed by atoms with Gasteiger partial charge in [-0.1, -0.05) is 30.3 Å². The lowest BCUT2D eigenvalue weighted by Crippen LogP contribution is -2.45. The van der Waals surface area contributed by atoms with Crippen molar-refractivity contribution in [3.05, 3.63) is 70.9 Å². The zero-order valence-electron chi connectivity index (χ0n) is 17.1. The van der Waals surface area contributed by atoms with Crippen molar-refractivity contribution in [2.45, 2.75) is 32.0 Å². The summed E-state index contributed by atoms with van der Waals surface area (Å²) in [5.74, 6) is -0.593. The molecule has 4 N–H and O–H groups in total. The van der Waals surface area contributed by atoms with Gasteiger partial charge in [-0.3, -0.25) is 9.59 Å². The number of nitrogens with two attached hydrogens (primary N) is 1. The van der Waals surface area contributed by atoms with Crippen LogP contribution in [-0.4, -0.2) is 45.5 Å². The molecule has 3 aromatic rings. The minimum Gasteiger partial charge on any atom is -0.399 e. The highest BCUT2D eigenvalue weighted by atomic mass is 32.1. The third-order valence-electron chi connectivity index (χ3n) is 5.40. The molecule has 2 atom stereocenters. The maximum atomic E-state index is 12.9. The topological polar surface area (TPSA) is 109 Å². The Balaban J connectivity index is 1.41. The summed E-state index contributed by atoms with van der Waals surface area (Å²) in [5, 5.41) is 13.0. The van der Waals surface area contributed by atoms with E-state index in [1.165, 1.54) is 4.90 Å². The quantitative estimate of drug-likeness (QED) is 0.533. The van der Waals surface area contributed by atoms with Crippen LogP contribution in [0.3, 0.4) is 0 Å². The summed E-state index contributed by atoms with van der Waals surface area (Å²) in [6.45, 7) is 2.44. The van der Waals surface area contributed by atoms with Crippen LogP contribution in [-0.2, 0) is 11.3 Å². The number of thiazole rings is 1. The second-order valence-electron chi connectivity index (χ2n) is 7.67. The minimum absolute atomic E-state index is 0.120. The molecule has 1 fully saturated rings. The van der Waals surface area contributed by atoms with Gasteiger partial charge >= 0.3 is 0 Å². The Bertz CT molecular complexity index is 1100. The number of rotatable bonds is 5. The Morgan fingerprint density at radius 1 is 1.26 bits per heavy atom. The van der Waals surface area contributed by atoms with Crippen molar-refractivity contribution in [2.24, 2.45) is 0 Å². The number of aryl methyl sites for hydroxylation is 1. The molecule has 2 amide bonds. The molecular weight excluding hydrogens is 412 g/mol. The molecular formula is C23H24N4O3S. The van der Waals surface area contributed by atoms with E-state index in [1.807, 2.05) is 36.7 Å². The molecule has 7 nitrogen and oxygen atoms in total. The Morgan fingerprint density at radius 2 is 2.03 bits per heavy atom. The molecule has 0 unspecified atom stereocenters. The molecule has 4 rings (SSSR count). The van der Waals surface area contributed by atoms with Crippen molar-refractivity contribution in [1.29, 1.82) is 0 Å². The molecule has 0 spiro atoms. The molecule has 0 bridgehead atoms. The Labute approximate surface area is 184 Å². The van der Waals surface area contributed by atoms with E-state index in [0.717, 1.165) is 21.7 Å². The number of carbonyl (C=O) groups excluding carboxylic acids is 2. The van der Waals surface area contributed by atoms with E-state index in [9.17, 15) is 14.7 Å². The predicted molar refractivity (Wildman–Crippen MR) is 120 cm³/mol. The fourth-order valence-electron chi connectivity index (χ4n) is 3.78. The summed E-state index contributed by atoms with van der Waals surface area (Å²) in [7, 11) is 0. The van der Waals surface area contributed by atoms with Gasteiger partial charge in [0.15, 0.2) is 0 Å². The van der Waals surface area contributed by atoms with E-state index in [2.05, 4.69) is 10.3 Å². The van der Waals surface area contributed by atoms with Crippen LogP contribution in [0.5, 0.6) is 0 Å². The molecule has 1 aromatic heterocycles. The van der Waals surface area contributed by atoms with Gasteiger partial charge in [0.2, 0.25) is 5.91 Å². The molecule has 1 saturated heterocycles. The third-order valence-corrected chi connectivity index (χ3v) is 6.38. The molecule has 0 radical (unpaired) electrons. The average molecular weight is 437 g/mol. The maximum Gasteiger partial charge on any atom is 0.254 e. The number of carbonyl (C=O) groups is 2. The first-order valence-electron chi connectivity index (χ1n) is 10.0. The number of nitrogens with one attached hydrogen (secondary N) is 1. The highest BCUT2D eigenvalue weighted by Gasteiger charge is 2.39. The molecule has 0 aliphatic carbocycles. The normalized spacial score (nSPS) is 18.2. The summed E-state index contributed by atoms with van der Waals surface area (Å²) >= 11 is 1.60. The number of hydrogen-bond donors (Lipinski definition) is 3. The van der Waals surface area contributed by atoms with Gasteiger partial charge in [0, 0.05) is 30.8 Å². The van der Waals surface area contributed by atoms with E-state index in [4.69, 9.17) is 5.73 Å². The Hall–Kier alpha value is -3.23. The van der Waals surface area contributed by atoms with E-state index < -0.39 is 12.1 Å². The Kier molecular flexibility index (Phi) is 6.01. The van der Waals surface area contributed by atoms with E-state index in [0.29, 0.717) is 17.8 Å². The van der Waals surface area contributed by atoms with Crippen LogP contribution in [0.15, 0.2) is 54.0 Å². The van der Waals surface area contributed by atoms with Crippen molar-refractivity contribution in [2.75, 3.05) is 12.3 Å². The summed E-state index contributed by atoms with van der Waals surface area (Å²) in [5.41, 5.74) is 11.5. The first-order valence-corrected chi connectivity index (χ1v) is 10.9. The van der Waals surface area contributed by atoms with Crippen LogP contribution in [0.2, 0.25) is 0 Å². The number of amides is 2. The highest BCUT2D eigenvalue weighted by molar-refractivity contribution is 7.13. The smallest absolute Gasteiger partial charge is 0.254 e. The zero-order valence-corrected chi connectivity index (χ0v) is 17.9. The summed E-state index contributed by atoms with van der Waals surface area (Å²) in [4.78, 5) is 32.5. The van der Waals surface area contributed by atoms with Crippen LogP contribution in [0.4, 0.5) is 5.69 Å². The van der Waals surface area contributed by atoms with Gasteiger partial charge in [0.05, 0.1) is 22.2 Å². The standard InChI is InChI=1S/C23H24N4O3S/c1-14-21(31-13-26-14)16-7-5-15(6-8-16)11-25-22(29)20-10-19(28)12-27(20)23(30)17-3-2-4-18(24)9-17/h2-9,13,19-20,28H,10-12,24H2,1H3,(H,25,29)/t19-,20+/m1/s1. The SMILES string of the molecule is Cc1ncsc1-c1ccc(CNC(=O)[C@@H]2C[C@@H](O)CN2C(=O)c2cccc(N)c2)cc1. The lowest BCUT2D eigenvalue weighted by molar-refractivity contribution is -0.125. The number of aliphatic hydroxyl groups excluding tert-OH is 1. The van der Waals surface area contributed by atoms with Crippen molar-refractivity contribution in [3.63, 3.8) is 0 Å². The van der Waals surface area contributed by atoms with Crippen LogP contribution in [0.1, 0.15) is 28.0 Å². The number of aliphatic hydroxyl groups is 1. The molecule has 8 heteroatoms. The predicted octanol–water partition coefficient (Wildman–Crippen LogP) is 2.59. The zero-order chi connectivity index (χ0) is 22.0.